The van der Waals surface area contributed by atoms with Crippen molar-refractivity contribution in [3.8, 4) is 5.82 Å². The summed E-state index contributed by atoms with van der Waals surface area (Å²) in [4.78, 5) is 11.8. The molecule has 3 aromatic rings. The van der Waals surface area contributed by atoms with Crippen LogP contribution in [0, 0.1) is 0 Å². The number of para-hydroxylation sites is 2. The van der Waals surface area contributed by atoms with Gasteiger partial charge in [-0.1, -0.05) is 19.1 Å². The van der Waals surface area contributed by atoms with Gasteiger partial charge in [0.05, 0.1) is 24.2 Å². The number of aromatic nitrogens is 3. The highest BCUT2D eigenvalue weighted by Gasteiger charge is 2.22. The second-order valence-electron chi connectivity index (χ2n) is 7.64. The Morgan fingerprint density at radius 2 is 2.03 bits per heavy atom. The van der Waals surface area contributed by atoms with Crippen LogP contribution in [0.4, 0.5) is 11.5 Å². The summed E-state index contributed by atoms with van der Waals surface area (Å²) < 4.78 is 24.5. The minimum absolute atomic E-state index is 0.240. The van der Waals surface area contributed by atoms with Gasteiger partial charge in [0.25, 0.3) is 0 Å². The summed E-state index contributed by atoms with van der Waals surface area (Å²) in [5.74, 6) is 2.16. The van der Waals surface area contributed by atoms with Crippen molar-refractivity contribution >= 4 is 32.3 Å². The number of benzene rings is 1. The summed E-state index contributed by atoms with van der Waals surface area (Å²) >= 11 is 0. The predicted octanol–water partition coefficient (Wildman–Crippen LogP) is 3.57. The van der Waals surface area contributed by atoms with Crippen LogP contribution in [0.2, 0.25) is 0 Å². The smallest absolute Gasteiger partial charge is 0.165 e. The highest BCUT2D eigenvalue weighted by molar-refractivity contribution is 7.92. The molecule has 0 N–H and O–H groups in total. The Morgan fingerprint density at radius 1 is 1.24 bits per heavy atom. The van der Waals surface area contributed by atoms with Gasteiger partial charge in [0.15, 0.2) is 5.82 Å². The number of fused-ring (bicyclic) bond motifs is 1. The molecule has 1 fully saturated rings. The molecule has 0 aliphatic carbocycles. The average Bonchev–Trinajstić information content (AvgIpc) is 3.05. The van der Waals surface area contributed by atoms with Crippen molar-refractivity contribution < 1.29 is 8.95 Å². The molecular formula is C21H27N5O2S. The third-order valence-electron chi connectivity index (χ3n) is 4.97. The molecule has 1 aliphatic heterocycles. The van der Waals surface area contributed by atoms with E-state index in [9.17, 15) is 4.21 Å². The molecule has 3 heterocycles. The van der Waals surface area contributed by atoms with Crippen molar-refractivity contribution in [3.63, 3.8) is 0 Å². The van der Waals surface area contributed by atoms with Crippen LogP contribution >= 0.6 is 0 Å². The predicted molar refractivity (Wildman–Crippen MR) is 118 cm³/mol. The number of anilines is 1. The molecule has 2 aromatic heterocycles. The molecule has 7 nitrogen and oxygen atoms in total. The lowest BCUT2D eigenvalue weighted by Crippen LogP contribution is -2.43. The fourth-order valence-electron chi connectivity index (χ4n) is 3.72. The third kappa shape index (κ3) is 4.13. The van der Waals surface area contributed by atoms with Gasteiger partial charge in [-0.15, -0.1) is 0 Å². The zero-order valence-electron chi connectivity index (χ0n) is 17.3. The molecule has 8 heteroatoms. The van der Waals surface area contributed by atoms with Gasteiger partial charge in [-0.2, -0.15) is 4.36 Å². The van der Waals surface area contributed by atoms with E-state index >= 15 is 0 Å². The number of imidazole rings is 1. The molecule has 1 saturated heterocycles. The Hall–Kier alpha value is -2.45. The maximum absolute atomic E-state index is 12.4. The van der Waals surface area contributed by atoms with Crippen molar-refractivity contribution in [2.75, 3.05) is 37.2 Å². The Morgan fingerprint density at radius 3 is 2.76 bits per heavy atom. The van der Waals surface area contributed by atoms with Gasteiger partial charge in [0.1, 0.15) is 11.6 Å². The van der Waals surface area contributed by atoms with Crippen LogP contribution in [-0.4, -0.2) is 57.1 Å². The SMILES string of the molecule is CCc1nc2ccccc2n1-c1cc(N2CCOC[C@H]2C)cc(N=S(C)(C)=O)n1. The van der Waals surface area contributed by atoms with Crippen molar-refractivity contribution in [2.45, 2.75) is 26.3 Å². The van der Waals surface area contributed by atoms with Crippen LogP contribution in [0.3, 0.4) is 0 Å². The maximum Gasteiger partial charge on any atom is 0.165 e. The Labute approximate surface area is 171 Å². The van der Waals surface area contributed by atoms with E-state index in [-0.39, 0.29) is 6.04 Å². The van der Waals surface area contributed by atoms with Crippen molar-refractivity contribution in [2.24, 2.45) is 4.36 Å². The fraction of sp³-hybridized carbons (Fsp3) is 0.429. The normalized spacial score (nSPS) is 17.7. The molecule has 0 amide bonds. The van der Waals surface area contributed by atoms with Crippen LogP contribution in [0.5, 0.6) is 0 Å². The minimum Gasteiger partial charge on any atom is -0.377 e. The first-order valence-electron chi connectivity index (χ1n) is 9.86. The number of aryl methyl sites for hydroxylation is 1. The maximum atomic E-state index is 12.4. The molecule has 0 bridgehead atoms. The number of hydrogen-bond donors (Lipinski definition) is 0. The van der Waals surface area contributed by atoms with E-state index in [0.29, 0.717) is 19.0 Å². The fourth-order valence-corrected chi connectivity index (χ4v) is 4.26. The Balaban J connectivity index is 1.95. The Bertz CT molecular complexity index is 1160. The molecule has 4 rings (SSSR count). The quantitative estimate of drug-likeness (QED) is 0.654. The lowest BCUT2D eigenvalue weighted by Gasteiger charge is -2.35. The molecule has 1 aromatic carbocycles. The lowest BCUT2D eigenvalue weighted by molar-refractivity contribution is 0.0989. The molecule has 0 spiro atoms. The second kappa shape index (κ2) is 7.76. The number of morpholine rings is 1. The average molecular weight is 414 g/mol. The number of rotatable bonds is 4. The summed E-state index contributed by atoms with van der Waals surface area (Å²) in [6.07, 6.45) is 4.03. The van der Waals surface area contributed by atoms with Crippen molar-refractivity contribution in [1.29, 1.82) is 0 Å². The molecule has 154 valence electrons. The second-order valence-corrected chi connectivity index (χ2v) is 10.2. The number of nitrogens with zero attached hydrogens (tertiary/aromatic N) is 5. The molecule has 0 unspecified atom stereocenters. The van der Waals surface area contributed by atoms with Crippen LogP contribution in [0.25, 0.3) is 16.9 Å². The topological polar surface area (TPSA) is 72.6 Å². The van der Waals surface area contributed by atoms with Crippen molar-refractivity contribution in [3.05, 3.63) is 42.2 Å². The minimum atomic E-state index is -2.34. The van der Waals surface area contributed by atoms with Gasteiger partial charge in [-0.3, -0.25) is 4.57 Å². The first kappa shape index (κ1) is 19.8. The largest absolute Gasteiger partial charge is 0.377 e. The van der Waals surface area contributed by atoms with E-state index < -0.39 is 9.73 Å². The van der Waals surface area contributed by atoms with E-state index in [1.807, 2.05) is 30.3 Å². The molecule has 1 aliphatic rings. The summed E-state index contributed by atoms with van der Waals surface area (Å²) in [6.45, 7) is 6.38. The summed E-state index contributed by atoms with van der Waals surface area (Å²) in [6, 6.07) is 12.3. The monoisotopic (exact) mass is 413 g/mol. The number of ether oxygens (including phenoxy) is 1. The van der Waals surface area contributed by atoms with Gasteiger partial charge >= 0.3 is 0 Å². The summed E-state index contributed by atoms with van der Waals surface area (Å²) in [7, 11) is -2.34. The van der Waals surface area contributed by atoms with E-state index in [1.165, 1.54) is 0 Å². The van der Waals surface area contributed by atoms with Crippen LogP contribution in [0.15, 0.2) is 40.8 Å². The van der Waals surface area contributed by atoms with E-state index in [1.54, 1.807) is 12.5 Å². The standard InChI is InChI=1S/C21H27N5O2S/c1-5-20-22-17-8-6-7-9-18(17)26(20)21-13-16(25-10-11-28-14-15(25)2)12-19(23-21)24-29(3,4)27/h6-9,12-13,15H,5,10-11,14H2,1-4H3/t15-/m1/s1. The summed E-state index contributed by atoms with van der Waals surface area (Å²) in [5.41, 5.74) is 2.95. The van der Waals surface area contributed by atoms with Gasteiger partial charge in [0, 0.05) is 59.1 Å². The van der Waals surface area contributed by atoms with Crippen molar-refractivity contribution in [1.82, 2.24) is 14.5 Å². The van der Waals surface area contributed by atoms with E-state index in [2.05, 4.69) is 33.7 Å². The van der Waals surface area contributed by atoms with Gasteiger partial charge < -0.3 is 9.64 Å². The molecule has 29 heavy (non-hydrogen) atoms. The van der Waals surface area contributed by atoms with Crippen LogP contribution < -0.4 is 4.90 Å². The molecule has 1 atom stereocenters. The lowest BCUT2D eigenvalue weighted by atomic mass is 10.2. The first-order valence-corrected chi connectivity index (χ1v) is 12.2. The van der Waals surface area contributed by atoms with Gasteiger partial charge in [-0.25, -0.2) is 14.2 Å². The van der Waals surface area contributed by atoms with Crippen LogP contribution in [0.1, 0.15) is 19.7 Å². The molecule has 0 radical (unpaired) electrons. The van der Waals surface area contributed by atoms with E-state index in [4.69, 9.17) is 14.7 Å². The third-order valence-corrected chi connectivity index (χ3v) is 5.60. The molecular weight excluding hydrogens is 386 g/mol. The van der Waals surface area contributed by atoms with Gasteiger partial charge in [0.2, 0.25) is 0 Å². The first-order chi connectivity index (χ1) is 13.9. The Kier molecular flexibility index (Phi) is 5.31. The van der Waals surface area contributed by atoms with E-state index in [0.717, 1.165) is 41.3 Å². The number of hydrogen-bond acceptors (Lipinski definition) is 6. The highest BCUT2D eigenvalue weighted by atomic mass is 32.2. The summed E-state index contributed by atoms with van der Waals surface area (Å²) in [5, 5.41) is 0. The zero-order valence-corrected chi connectivity index (χ0v) is 18.1. The van der Waals surface area contributed by atoms with Crippen LogP contribution in [-0.2, 0) is 20.9 Å². The zero-order chi connectivity index (χ0) is 20.6. The number of pyridine rings is 1. The highest BCUT2D eigenvalue weighted by Crippen LogP contribution is 2.29. The molecule has 0 saturated carbocycles. The van der Waals surface area contributed by atoms with Gasteiger partial charge in [-0.05, 0) is 19.1 Å².